The molecule has 1 heterocycles. The first-order chi connectivity index (χ1) is 7.59. The molecular weight excluding hydrogens is 200 g/mol. The number of aliphatic hydroxyl groups is 1. The van der Waals surface area contributed by atoms with E-state index in [0.29, 0.717) is 5.76 Å². The van der Waals surface area contributed by atoms with Gasteiger partial charge in [0.05, 0.1) is 6.26 Å². The maximum absolute atomic E-state index is 10.2. The molecule has 84 valence electrons. The number of hydrogen-bond acceptors (Lipinski definition) is 2. The number of rotatable bonds is 2. The minimum atomic E-state index is -0.672. The molecule has 0 saturated carbocycles. The molecule has 2 nitrogen and oxygen atoms in total. The Morgan fingerprint density at radius 2 is 1.75 bits per heavy atom. The van der Waals surface area contributed by atoms with Crippen LogP contribution >= 0.6 is 0 Å². The highest BCUT2D eigenvalue weighted by Crippen LogP contribution is 2.26. The van der Waals surface area contributed by atoms with Crippen LogP contribution in [0.4, 0.5) is 0 Å². The van der Waals surface area contributed by atoms with Crippen LogP contribution in [-0.2, 0) is 0 Å². The zero-order chi connectivity index (χ0) is 11.7. The molecule has 1 atom stereocenters. The maximum Gasteiger partial charge on any atom is 0.139 e. The van der Waals surface area contributed by atoms with Crippen molar-refractivity contribution in [3.8, 4) is 0 Å². The lowest BCUT2D eigenvalue weighted by molar-refractivity contribution is 0.188. The number of hydrogen-bond donors (Lipinski definition) is 1. The molecule has 0 aliphatic carbocycles. The van der Waals surface area contributed by atoms with E-state index in [4.69, 9.17) is 4.42 Å². The molecule has 0 radical (unpaired) electrons. The lowest BCUT2D eigenvalue weighted by Crippen LogP contribution is -2.00. The van der Waals surface area contributed by atoms with Gasteiger partial charge in [-0.05, 0) is 49.1 Å². The van der Waals surface area contributed by atoms with Crippen molar-refractivity contribution in [2.45, 2.75) is 26.9 Å². The summed E-state index contributed by atoms with van der Waals surface area (Å²) in [6.45, 7) is 6.04. The second kappa shape index (κ2) is 4.14. The van der Waals surface area contributed by atoms with E-state index in [-0.39, 0.29) is 0 Å². The molecule has 0 aliphatic rings. The molecule has 2 heteroatoms. The van der Waals surface area contributed by atoms with Gasteiger partial charge in [-0.15, -0.1) is 0 Å². The molecule has 2 aromatic rings. The first-order valence-corrected chi connectivity index (χ1v) is 5.39. The average Bonchev–Trinajstić information content (AvgIpc) is 2.67. The number of aryl methyl sites for hydroxylation is 3. The molecule has 0 amide bonds. The van der Waals surface area contributed by atoms with Crippen LogP contribution < -0.4 is 0 Å². The Kier molecular flexibility index (Phi) is 2.84. The quantitative estimate of drug-likeness (QED) is 0.835. The van der Waals surface area contributed by atoms with Crippen molar-refractivity contribution in [2.24, 2.45) is 0 Å². The van der Waals surface area contributed by atoms with E-state index in [1.54, 1.807) is 6.26 Å². The van der Waals surface area contributed by atoms with Gasteiger partial charge in [0.1, 0.15) is 11.9 Å². The maximum atomic E-state index is 10.2. The third-order valence-electron chi connectivity index (χ3n) is 3.00. The van der Waals surface area contributed by atoms with Crippen molar-refractivity contribution in [2.75, 3.05) is 0 Å². The van der Waals surface area contributed by atoms with Gasteiger partial charge < -0.3 is 9.52 Å². The standard InChI is InChI=1S/C14H16O2/c1-9-4-5-12(8-11(9)3)13(15)14-10(2)6-7-16-14/h4-8,13,15H,1-3H3. The summed E-state index contributed by atoms with van der Waals surface area (Å²) in [5.41, 5.74) is 4.26. The first-order valence-electron chi connectivity index (χ1n) is 5.39. The Morgan fingerprint density at radius 3 is 2.31 bits per heavy atom. The van der Waals surface area contributed by atoms with Crippen LogP contribution in [0.2, 0.25) is 0 Å². The van der Waals surface area contributed by atoms with E-state index in [1.165, 1.54) is 11.1 Å². The third kappa shape index (κ3) is 1.89. The van der Waals surface area contributed by atoms with Crippen LogP contribution in [0.5, 0.6) is 0 Å². The van der Waals surface area contributed by atoms with Gasteiger partial charge >= 0.3 is 0 Å². The highest BCUT2D eigenvalue weighted by atomic mass is 16.4. The number of furan rings is 1. The predicted molar refractivity (Wildman–Crippen MR) is 63.4 cm³/mol. The zero-order valence-corrected chi connectivity index (χ0v) is 9.82. The molecule has 0 saturated heterocycles. The van der Waals surface area contributed by atoms with Gasteiger partial charge in [0.2, 0.25) is 0 Å². The van der Waals surface area contributed by atoms with Gasteiger partial charge in [-0.25, -0.2) is 0 Å². The summed E-state index contributed by atoms with van der Waals surface area (Å²) >= 11 is 0. The van der Waals surface area contributed by atoms with Gasteiger partial charge in [-0.3, -0.25) is 0 Å². The number of aliphatic hydroxyl groups excluding tert-OH is 1. The largest absolute Gasteiger partial charge is 0.466 e. The average molecular weight is 216 g/mol. The van der Waals surface area contributed by atoms with Crippen molar-refractivity contribution >= 4 is 0 Å². The predicted octanol–water partition coefficient (Wildman–Crippen LogP) is 3.29. The van der Waals surface area contributed by atoms with E-state index in [1.807, 2.05) is 38.1 Å². The lowest BCUT2D eigenvalue weighted by atomic mass is 10.0. The summed E-state index contributed by atoms with van der Waals surface area (Å²) in [5, 5.41) is 10.2. The Morgan fingerprint density at radius 1 is 1.00 bits per heavy atom. The zero-order valence-electron chi connectivity index (χ0n) is 9.82. The van der Waals surface area contributed by atoms with Crippen LogP contribution in [0.25, 0.3) is 0 Å². The summed E-state index contributed by atoms with van der Waals surface area (Å²) in [6.07, 6.45) is 0.934. The van der Waals surface area contributed by atoms with Gasteiger partial charge in [0.15, 0.2) is 0 Å². The van der Waals surface area contributed by atoms with E-state index in [2.05, 4.69) is 6.92 Å². The fraction of sp³-hybridized carbons (Fsp3) is 0.286. The highest BCUT2D eigenvalue weighted by molar-refractivity contribution is 5.35. The van der Waals surface area contributed by atoms with Crippen molar-refractivity contribution in [1.82, 2.24) is 0 Å². The Hall–Kier alpha value is -1.54. The van der Waals surface area contributed by atoms with Gasteiger partial charge in [0.25, 0.3) is 0 Å². The van der Waals surface area contributed by atoms with Crippen molar-refractivity contribution in [3.05, 3.63) is 58.5 Å². The third-order valence-corrected chi connectivity index (χ3v) is 3.00. The summed E-state index contributed by atoms with van der Waals surface area (Å²) < 4.78 is 5.30. The van der Waals surface area contributed by atoms with Crippen LogP contribution in [0.15, 0.2) is 34.9 Å². The molecule has 1 N–H and O–H groups in total. The smallest absolute Gasteiger partial charge is 0.139 e. The molecular formula is C14H16O2. The molecule has 0 aliphatic heterocycles. The van der Waals surface area contributed by atoms with Gasteiger partial charge in [-0.1, -0.05) is 18.2 Å². The monoisotopic (exact) mass is 216 g/mol. The van der Waals surface area contributed by atoms with Gasteiger partial charge in [0, 0.05) is 0 Å². The van der Waals surface area contributed by atoms with Crippen LogP contribution in [0.1, 0.15) is 34.1 Å². The van der Waals surface area contributed by atoms with Gasteiger partial charge in [-0.2, -0.15) is 0 Å². The van der Waals surface area contributed by atoms with E-state index < -0.39 is 6.10 Å². The molecule has 1 aromatic carbocycles. The SMILES string of the molecule is Cc1ccc(C(O)c2occc2C)cc1C. The van der Waals surface area contributed by atoms with Crippen LogP contribution in [0, 0.1) is 20.8 Å². The molecule has 0 fully saturated rings. The topological polar surface area (TPSA) is 33.4 Å². The van der Waals surface area contributed by atoms with Crippen molar-refractivity contribution in [3.63, 3.8) is 0 Å². The van der Waals surface area contributed by atoms with Crippen LogP contribution in [-0.4, -0.2) is 5.11 Å². The number of benzene rings is 1. The fourth-order valence-electron chi connectivity index (χ4n) is 1.75. The summed E-state index contributed by atoms with van der Waals surface area (Å²) in [4.78, 5) is 0. The molecule has 1 aromatic heterocycles. The normalized spacial score (nSPS) is 12.8. The van der Waals surface area contributed by atoms with Crippen molar-refractivity contribution in [1.29, 1.82) is 0 Å². The van der Waals surface area contributed by atoms with E-state index in [9.17, 15) is 5.11 Å². The summed E-state index contributed by atoms with van der Waals surface area (Å²) in [5.74, 6) is 0.628. The molecule has 16 heavy (non-hydrogen) atoms. The first kappa shape index (κ1) is 11.0. The highest BCUT2D eigenvalue weighted by Gasteiger charge is 2.16. The minimum Gasteiger partial charge on any atom is -0.466 e. The molecule has 2 rings (SSSR count). The summed E-state index contributed by atoms with van der Waals surface area (Å²) in [7, 11) is 0. The minimum absolute atomic E-state index is 0.628. The van der Waals surface area contributed by atoms with Crippen molar-refractivity contribution < 1.29 is 9.52 Å². The fourth-order valence-corrected chi connectivity index (χ4v) is 1.75. The van der Waals surface area contributed by atoms with E-state index >= 15 is 0 Å². The van der Waals surface area contributed by atoms with E-state index in [0.717, 1.165) is 11.1 Å². The summed E-state index contributed by atoms with van der Waals surface area (Å²) in [6, 6.07) is 7.82. The van der Waals surface area contributed by atoms with Crippen LogP contribution in [0.3, 0.4) is 0 Å². The second-order valence-corrected chi connectivity index (χ2v) is 4.21. The Labute approximate surface area is 95.5 Å². The Balaban J connectivity index is 2.38. The molecule has 0 spiro atoms. The second-order valence-electron chi connectivity index (χ2n) is 4.21. The lowest BCUT2D eigenvalue weighted by Gasteiger charge is -2.11. The molecule has 1 unspecified atom stereocenters. The Bertz CT molecular complexity index is 497. The molecule has 0 bridgehead atoms.